The first-order valence-electron chi connectivity index (χ1n) is 8.56. The molecule has 3 rings (SSSR count). The minimum atomic E-state index is -0.593. The van der Waals surface area contributed by atoms with Crippen molar-refractivity contribution in [2.45, 2.75) is 31.7 Å². The Kier molecular flexibility index (Phi) is 5.06. The van der Waals surface area contributed by atoms with Crippen molar-refractivity contribution in [3.63, 3.8) is 0 Å². The molecular formula is C18H24FN3O3. The summed E-state index contributed by atoms with van der Waals surface area (Å²) in [4.78, 5) is 26.8. The number of rotatable bonds is 4. The molecule has 2 amide bonds. The highest BCUT2D eigenvalue weighted by atomic mass is 19.1. The van der Waals surface area contributed by atoms with E-state index in [1.54, 1.807) is 6.07 Å². The van der Waals surface area contributed by atoms with E-state index in [0.717, 1.165) is 13.1 Å². The van der Waals surface area contributed by atoms with Crippen molar-refractivity contribution in [3.8, 4) is 0 Å². The molecule has 0 aromatic heterocycles. The smallest absolute Gasteiger partial charge is 0.228 e. The third kappa shape index (κ3) is 3.99. The fourth-order valence-electron chi connectivity index (χ4n) is 3.38. The van der Waals surface area contributed by atoms with Crippen LogP contribution in [-0.4, -0.2) is 55.1 Å². The summed E-state index contributed by atoms with van der Waals surface area (Å²) >= 11 is 0. The van der Waals surface area contributed by atoms with Crippen molar-refractivity contribution in [2.24, 2.45) is 0 Å². The van der Waals surface area contributed by atoms with Crippen molar-refractivity contribution >= 4 is 17.5 Å². The molecule has 2 N–H and O–H groups in total. The van der Waals surface area contributed by atoms with Crippen LogP contribution in [0.25, 0.3) is 0 Å². The van der Waals surface area contributed by atoms with Gasteiger partial charge < -0.3 is 15.4 Å². The minimum absolute atomic E-state index is 0.0719. The van der Waals surface area contributed by atoms with Crippen molar-refractivity contribution < 1.29 is 18.7 Å². The normalized spacial score (nSPS) is 21.4. The lowest BCUT2D eigenvalue weighted by molar-refractivity contribution is -0.126. The van der Waals surface area contributed by atoms with Gasteiger partial charge in [0.2, 0.25) is 11.8 Å². The van der Waals surface area contributed by atoms with Gasteiger partial charge in [0.25, 0.3) is 0 Å². The van der Waals surface area contributed by atoms with Crippen LogP contribution in [0.15, 0.2) is 18.2 Å². The first-order chi connectivity index (χ1) is 11.9. The molecule has 25 heavy (non-hydrogen) atoms. The first-order valence-corrected chi connectivity index (χ1v) is 8.56. The van der Waals surface area contributed by atoms with Crippen molar-refractivity contribution in [3.05, 3.63) is 29.6 Å². The predicted molar refractivity (Wildman–Crippen MR) is 91.9 cm³/mol. The summed E-state index contributed by atoms with van der Waals surface area (Å²) in [5.74, 6) is -1.51. The van der Waals surface area contributed by atoms with Crippen LogP contribution in [0.1, 0.15) is 31.7 Å². The number of morpholine rings is 1. The molecular weight excluding hydrogens is 325 g/mol. The van der Waals surface area contributed by atoms with E-state index >= 15 is 0 Å². The Bertz CT molecular complexity index is 672. The summed E-state index contributed by atoms with van der Waals surface area (Å²) in [6.07, 6.45) is 0.0719. The fourth-order valence-corrected chi connectivity index (χ4v) is 3.38. The van der Waals surface area contributed by atoms with E-state index < -0.39 is 11.7 Å². The third-order valence-electron chi connectivity index (χ3n) is 4.93. The minimum Gasteiger partial charge on any atom is -0.379 e. The first kappa shape index (κ1) is 17.8. The van der Waals surface area contributed by atoms with E-state index in [2.05, 4.69) is 29.4 Å². The largest absolute Gasteiger partial charge is 0.379 e. The number of nitrogens with zero attached hydrogens (tertiary/aromatic N) is 1. The average Bonchev–Trinajstić information content (AvgIpc) is 2.59. The number of halogens is 1. The number of nitrogens with one attached hydrogen (secondary N) is 2. The number of hydrogen-bond acceptors (Lipinski definition) is 4. The summed E-state index contributed by atoms with van der Waals surface area (Å²) in [6, 6.07) is 4.14. The van der Waals surface area contributed by atoms with Gasteiger partial charge in [-0.2, -0.15) is 0 Å². The zero-order valence-corrected chi connectivity index (χ0v) is 14.6. The lowest BCUT2D eigenvalue weighted by Gasteiger charge is -2.41. The number of benzene rings is 1. The number of amides is 2. The molecule has 0 radical (unpaired) electrons. The van der Waals surface area contributed by atoms with Crippen molar-refractivity contribution in [2.75, 3.05) is 38.2 Å². The van der Waals surface area contributed by atoms with Gasteiger partial charge in [0, 0.05) is 37.3 Å². The second kappa shape index (κ2) is 7.09. The van der Waals surface area contributed by atoms with Crippen LogP contribution in [0, 0.1) is 5.82 Å². The van der Waals surface area contributed by atoms with Gasteiger partial charge in [0.05, 0.1) is 19.1 Å². The van der Waals surface area contributed by atoms with Crippen molar-refractivity contribution in [1.29, 1.82) is 0 Å². The molecule has 0 bridgehead atoms. The van der Waals surface area contributed by atoms with Crippen molar-refractivity contribution in [1.82, 2.24) is 10.2 Å². The second-order valence-corrected chi connectivity index (χ2v) is 7.17. The average molecular weight is 349 g/mol. The highest BCUT2D eigenvalue weighted by Crippen LogP contribution is 2.33. The Labute approximate surface area is 146 Å². The summed E-state index contributed by atoms with van der Waals surface area (Å²) in [6.45, 7) is 7.68. The van der Waals surface area contributed by atoms with E-state index in [0.29, 0.717) is 31.0 Å². The molecule has 0 saturated carbocycles. The summed E-state index contributed by atoms with van der Waals surface area (Å²) in [7, 11) is 0. The topological polar surface area (TPSA) is 70.7 Å². The van der Waals surface area contributed by atoms with Gasteiger partial charge in [-0.25, -0.2) is 4.39 Å². The molecule has 1 unspecified atom stereocenters. The zero-order chi connectivity index (χ0) is 18.0. The van der Waals surface area contributed by atoms with Gasteiger partial charge in [-0.15, -0.1) is 0 Å². The number of carbonyl (C=O) groups excluding carboxylic acids is 2. The van der Waals surface area contributed by atoms with Crippen LogP contribution < -0.4 is 10.6 Å². The number of carbonyl (C=O) groups is 2. The van der Waals surface area contributed by atoms with Crippen LogP contribution >= 0.6 is 0 Å². The zero-order valence-electron chi connectivity index (χ0n) is 14.6. The molecule has 1 fully saturated rings. The van der Waals surface area contributed by atoms with E-state index in [9.17, 15) is 14.0 Å². The van der Waals surface area contributed by atoms with E-state index in [4.69, 9.17) is 4.74 Å². The Balaban J connectivity index is 1.68. The second-order valence-electron chi connectivity index (χ2n) is 7.17. The van der Waals surface area contributed by atoms with E-state index in [1.807, 2.05) is 0 Å². The molecule has 1 saturated heterocycles. The molecule has 1 aromatic carbocycles. The molecule has 0 spiro atoms. The lowest BCUT2D eigenvalue weighted by Crippen LogP contribution is -2.55. The molecule has 2 heterocycles. The van der Waals surface area contributed by atoms with Crippen LogP contribution in [0.5, 0.6) is 0 Å². The highest BCUT2D eigenvalue weighted by Gasteiger charge is 2.33. The standard InChI is InChI=1S/C18H24FN3O3/c1-18(2,22-5-7-25-8-6-22)11-20-17(24)14-10-16(23)21-15-9-12(19)3-4-13(14)15/h3-4,9,14H,5-8,10-11H2,1-2H3,(H,20,24)(H,21,23). The van der Waals surface area contributed by atoms with E-state index in [-0.39, 0.29) is 23.8 Å². The summed E-state index contributed by atoms with van der Waals surface area (Å²) in [5, 5.41) is 5.60. The van der Waals surface area contributed by atoms with Gasteiger partial charge in [0.15, 0.2) is 0 Å². The highest BCUT2D eigenvalue weighted by molar-refractivity contribution is 6.01. The van der Waals surface area contributed by atoms with Crippen LogP contribution in [0.3, 0.4) is 0 Å². The molecule has 0 aliphatic carbocycles. The third-order valence-corrected chi connectivity index (χ3v) is 4.93. The Morgan fingerprint density at radius 1 is 1.40 bits per heavy atom. The molecule has 6 nitrogen and oxygen atoms in total. The molecule has 2 aliphatic rings. The number of ether oxygens (including phenoxy) is 1. The monoisotopic (exact) mass is 349 g/mol. The van der Waals surface area contributed by atoms with Gasteiger partial charge in [-0.3, -0.25) is 14.5 Å². The van der Waals surface area contributed by atoms with Crippen LogP contribution in [0.2, 0.25) is 0 Å². The number of fused-ring (bicyclic) bond motifs is 1. The summed E-state index contributed by atoms with van der Waals surface area (Å²) in [5.41, 5.74) is 0.827. The van der Waals surface area contributed by atoms with E-state index in [1.165, 1.54) is 12.1 Å². The van der Waals surface area contributed by atoms with Gasteiger partial charge in [-0.05, 0) is 31.5 Å². The molecule has 2 aliphatic heterocycles. The molecule has 1 atom stereocenters. The van der Waals surface area contributed by atoms with Crippen LogP contribution in [0.4, 0.5) is 10.1 Å². The maximum Gasteiger partial charge on any atom is 0.228 e. The molecule has 1 aromatic rings. The number of anilines is 1. The molecule has 136 valence electrons. The van der Waals surface area contributed by atoms with Gasteiger partial charge in [-0.1, -0.05) is 6.07 Å². The Morgan fingerprint density at radius 2 is 2.12 bits per heavy atom. The Morgan fingerprint density at radius 3 is 2.84 bits per heavy atom. The predicted octanol–water partition coefficient (Wildman–Crippen LogP) is 1.48. The lowest BCUT2D eigenvalue weighted by atomic mass is 9.89. The SMILES string of the molecule is CC(C)(CNC(=O)C1CC(=O)Nc2cc(F)ccc21)N1CCOCC1. The quantitative estimate of drug-likeness (QED) is 0.864. The molecule has 7 heteroatoms. The van der Waals surface area contributed by atoms with Gasteiger partial charge in [0.1, 0.15) is 5.82 Å². The van der Waals surface area contributed by atoms with Crippen LogP contribution in [-0.2, 0) is 14.3 Å². The fraction of sp³-hybridized carbons (Fsp3) is 0.556. The Hall–Kier alpha value is -1.99. The number of hydrogen-bond donors (Lipinski definition) is 2. The maximum absolute atomic E-state index is 13.4. The maximum atomic E-state index is 13.4. The summed E-state index contributed by atoms with van der Waals surface area (Å²) < 4.78 is 18.8. The van der Waals surface area contributed by atoms with Gasteiger partial charge >= 0.3 is 0 Å².